The molecule has 37 heavy (non-hydrogen) atoms. The Labute approximate surface area is 212 Å². The van der Waals surface area contributed by atoms with Gasteiger partial charge in [0.2, 0.25) is 11.9 Å². The lowest BCUT2D eigenvalue weighted by atomic mass is 9.34. The third-order valence-corrected chi connectivity index (χ3v) is 8.69. The molecule has 0 N–H and O–H groups in total. The van der Waals surface area contributed by atoms with E-state index in [4.69, 9.17) is 19.7 Å². The van der Waals surface area contributed by atoms with Crippen molar-refractivity contribution in [1.82, 2.24) is 29.3 Å². The highest BCUT2D eigenvalue weighted by Gasteiger charge is 2.79. The smallest absolute Gasteiger partial charge is 0.367 e. The zero-order valence-corrected chi connectivity index (χ0v) is 21.5. The average Bonchev–Trinajstić information content (AvgIpc) is 3.38. The molecule has 0 radical (unpaired) electrons. The standard InChI is InChI=1S/C25H31F3N8O/c1-14-8-35(10-17(37-14)15-7-29-36(9-15)16-5-6-16)21-30-19(23-11-24(12-23,13-23)25(26,27)28)18-20(31-21)32-22(33(2)3)34(18)4/h7,9,14,16-17H,5-6,8,10-13H2,1-4H3/t14-,17-,23?,24?/m1/s1. The first kappa shape index (κ1) is 23.2. The molecule has 0 spiro atoms. The lowest BCUT2D eigenvalue weighted by Crippen LogP contribution is -2.70. The molecule has 4 aliphatic carbocycles. The van der Waals surface area contributed by atoms with Crippen molar-refractivity contribution in [1.29, 1.82) is 0 Å². The van der Waals surface area contributed by atoms with Crippen LogP contribution in [0.15, 0.2) is 12.4 Å². The first-order valence-corrected chi connectivity index (χ1v) is 12.9. The maximum Gasteiger partial charge on any atom is 0.394 e. The summed E-state index contributed by atoms with van der Waals surface area (Å²) < 4.78 is 51.3. The van der Waals surface area contributed by atoms with E-state index in [9.17, 15) is 13.2 Å². The summed E-state index contributed by atoms with van der Waals surface area (Å²) in [6.45, 7) is 3.15. The van der Waals surface area contributed by atoms with Gasteiger partial charge >= 0.3 is 6.18 Å². The predicted molar refractivity (Wildman–Crippen MR) is 131 cm³/mol. The van der Waals surface area contributed by atoms with Gasteiger partial charge in [0.15, 0.2) is 5.65 Å². The van der Waals surface area contributed by atoms with Gasteiger partial charge in [-0.1, -0.05) is 0 Å². The van der Waals surface area contributed by atoms with Crippen LogP contribution in [0.25, 0.3) is 11.2 Å². The number of alkyl halides is 3. The summed E-state index contributed by atoms with van der Waals surface area (Å²) in [5.41, 5.74) is 0.822. The van der Waals surface area contributed by atoms with Gasteiger partial charge < -0.3 is 19.1 Å². The minimum absolute atomic E-state index is 0.0738. The molecule has 5 aliphatic rings. The number of hydrogen-bond acceptors (Lipinski definition) is 7. The van der Waals surface area contributed by atoms with Crippen LogP contribution >= 0.6 is 0 Å². The molecule has 1 aliphatic heterocycles. The number of nitrogens with zero attached hydrogens (tertiary/aromatic N) is 8. The molecule has 198 valence electrons. The Bertz CT molecular complexity index is 1370. The molecule has 3 aromatic heterocycles. The lowest BCUT2D eigenvalue weighted by molar-refractivity contribution is -0.337. The number of hydrogen-bond donors (Lipinski definition) is 0. The van der Waals surface area contributed by atoms with Gasteiger partial charge in [0.1, 0.15) is 11.6 Å². The number of rotatable bonds is 5. The van der Waals surface area contributed by atoms with Crippen molar-refractivity contribution in [2.45, 2.75) is 68.9 Å². The van der Waals surface area contributed by atoms with Crippen LogP contribution in [-0.4, -0.2) is 68.8 Å². The largest absolute Gasteiger partial charge is 0.394 e. The van der Waals surface area contributed by atoms with Crippen LogP contribution in [0.1, 0.15) is 62.4 Å². The molecule has 0 amide bonds. The Balaban J connectivity index is 1.27. The van der Waals surface area contributed by atoms with E-state index >= 15 is 0 Å². The second-order valence-corrected chi connectivity index (χ2v) is 11.8. The van der Waals surface area contributed by atoms with E-state index in [1.54, 1.807) is 0 Å². The first-order valence-electron chi connectivity index (χ1n) is 12.9. The number of morpholine rings is 1. The Hall–Kier alpha value is -2.89. The summed E-state index contributed by atoms with van der Waals surface area (Å²) >= 11 is 0. The van der Waals surface area contributed by atoms with Gasteiger partial charge in [-0.2, -0.15) is 28.2 Å². The van der Waals surface area contributed by atoms with E-state index in [0.29, 0.717) is 42.4 Å². The molecule has 0 aromatic carbocycles. The van der Waals surface area contributed by atoms with E-state index in [-0.39, 0.29) is 31.5 Å². The molecule has 3 aromatic rings. The van der Waals surface area contributed by atoms with Crippen LogP contribution in [0.2, 0.25) is 0 Å². The summed E-state index contributed by atoms with van der Waals surface area (Å²) in [6.07, 6.45) is 2.05. The van der Waals surface area contributed by atoms with E-state index in [0.717, 1.165) is 23.9 Å². The van der Waals surface area contributed by atoms with Crippen LogP contribution in [0, 0.1) is 5.41 Å². The molecular weight excluding hydrogens is 485 g/mol. The Kier molecular flexibility index (Phi) is 4.62. The van der Waals surface area contributed by atoms with Crippen LogP contribution in [-0.2, 0) is 17.2 Å². The fraction of sp³-hybridized carbons (Fsp3) is 0.680. The molecule has 4 saturated carbocycles. The normalized spacial score (nSPS) is 31.4. The highest BCUT2D eigenvalue weighted by atomic mass is 19.4. The van der Waals surface area contributed by atoms with Crippen molar-refractivity contribution in [3.05, 3.63) is 23.7 Å². The van der Waals surface area contributed by atoms with Crippen LogP contribution in [0.4, 0.5) is 25.1 Å². The average molecular weight is 517 g/mol. The van der Waals surface area contributed by atoms with E-state index in [2.05, 4.69) is 16.2 Å². The quantitative estimate of drug-likeness (QED) is 0.509. The highest BCUT2D eigenvalue weighted by Crippen LogP contribution is 2.78. The number of imidazole rings is 1. The molecule has 9 nitrogen and oxygen atoms in total. The van der Waals surface area contributed by atoms with E-state index in [1.165, 1.54) is 0 Å². The minimum atomic E-state index is -4.18. The molecule has 4 heterocycles. The highest BCUT2D eigenvalue weighted by molar-refractivity contribution is 5.80. The van der Waals surface area contributed by atoms with Crippen LogP contribution in [0.3, 0.4) is 0 Å². The van der Waals surface area contributed by atoms with E-state index in [1.807, 2.05) is 48.4 Å². The monoisotopic (exact) mass is 516 g/mol. The molecule has 1 saturated heterocycles. The number of fused-ring (bicyclic) bond motifs is 1. The summed E-state index contributed by atoms with van der Waals surface area (Å²) in [5.74, 6) is 1.20. The maximum atomic E-state index is 13.7. The fourth-order valence-corrected chi connectivity index (χ4v) is 6.70. The molecule has 8 rings (SSSR count). The van der Waals surface area contributed by atoms with Crippen molar-refractivity contribution in [3.63, 3.8) is 0 Å². The molecule has 12 heteroatoms. The third kappa shape index (κ3) is 3.33. The van der Waals surface area contributed by atoms with Gasteiger partial charge in [0, 0.05) is 44.9 Å². The Morgan fingerprint density at radius 2 is 1.81 bits per heavy atom. The minimum Gasteiger partial charge on any atom is -0.367 e. The second-order valence-electron chi connectivity index (χ2n) is 11.8. The molecular formula is C25H31F3N8O. The van der Waals surface area contributed by atoms with Crippen LogP contribution < -0.4 is 9.80 Å². The second kappa shape index (κ2) is 7.36. The topological polar surface area (TPSA) is 77.1 Å². The number of ether oxygens (including phenoxy) is 1. The van der Waals surface area contributed by atoms with Crippen molar-refractivity contribution >= 4 is 23.1 Å². The zero-order chi connectivity index (χ0) is 25.9. The SMILES string of the molecule is C[C@@H]1CN(c2nc(C34CC(C(F)(F)F)(C3)C4)c3c(n2)nc(N(C)C)n3C)C[C@H](c2cnn(C3CC3)c2)O1. The van der Waals surface area contributed by atoms with Crippen molar-refractivity contribution in [2.24, 2.45) is 12.5 Å². The number of halogens is 3. The molecule has 0 unspecified atom stereocenters. The summed E-state index contributed by atoms with van der Waals surface area (Å²) in [7, 11) is 5.67. The number of aromatic nitrogens is 6. The van der Waals surface area contributed by atoms with Crippen molar-refractivity contribution in [2.75, 3.05) is 37.0 Å². The van der Waals surface area contributed by atoms with Crippen molar-refractivity contribution < 1.29 is 17.9 Å². The molecule has 2 bridgehead atoms. The maximum absolute atomic E-state index is 13.7. The van der Waals surface area contributed by atoms with Gasteiger partial charge in [-0.15, -0.1) is 0 Å². The Morgan fingerprint density at radius 3 is 2.46 bits per heavy atom. The third-order valence-electron chi connectivity index (χ3n) is 8.69. The fourth-order valence-electron chi connectivity index (χ4n) is 6.70. The van der Waals surface area contributed by atoms with Gasteiger partial charge in [-0.05, 0) is 39.0 Å². The summed E-state index contributed by atoms with van der Waals surface area (Å²) in [5, 5.41) is 4.52. The summed E-state index contributed by atoms with van der Waals surface area (Å²) in [4.78, 5) is 18.6. The molecule has 5 fully saturated rings. The first-order chi connectivity index (χ1) is 17.5. The number of aryl methyl sites for hydroxylation is 1. The predicted octanol–water partition coefficient (Wildman–Crippen LogP) is 3.91. The van der Waals surface area contributed by atoms with Crippen LogP contribution in [0.5, 0.6) is 0 Å². The Morgan fingerprint density at radius 1 is 1.08 bits per heavy atom. The number of anilines is 2. The zero-order valence-electron chi connectivity index (χ0n) is 21.5. The van der Waals surface area contributed by atoms with E-state index < -0.39 is 17.0 Å². The van der Waals surface area contributed by atoms with Crippen molar-refractivity contribution in [3.8, 4) is 0 Å². The summed E-state index contributed by atoms with van der Waals surface area (Å²) in [6, 6.07) is 0.488. The lowest BCUT2D eigenvalue weighted by Gasteiger charge is -2.70. The molecule has 2 atom stereocenters. The van der Waals surface area contributed by atoms with Gasteiger partial charge in [-0.3, -0.25) is 4.68 Å². The van der Waals surface area contributed by atoms with Gasteiger partial charge in [0.25, 0.3) is 0 Å². The van der Waals surface area contributed by atoms with Gasteiger partial charge in [0.05, 0.1) is 36.0 Å². The van der Waals surface area contributed by atoms with Gasteiger partial charge in [-0.25, -0.2) is 4.98 Å².